The molecule has 5 rings (SSSR count). The number of ketones is 1. The van der Waals surface area contributed by atoms with E-state index >= 15 is 0 Å². The molecular formula is C23H15FN2O3S2. The Morgan fingerprint density at radius 1 is 1.16 bits per heavy atom. The number of fused-ring (bicyclic) bond motifs is 1. The Morgan fingerprint density at radius 3 is 2.65 bits per heavy atom. The molecule has 0 aliphatic carbocycles. The van der Waals surface area contributed by atoms with Gasteiger partial charge in [-0.2, -0.15) is 0 Å². The van der Waals surface area contributed by atoms with Crippen LogP contribution in [0.25, 0.3) is 10.2 Å². The number of aliphatic hydroxyl groups is 1. The molecule has 0 radical (unpaired) electrons. The molecule has 1 atom stereocenters. The summed E-state index contributed by atoms with van der Waals surface area (Å²) in [5.74, 6) is -2.10. The highest BCUT2D eigenvalue weighted by Gasteiger charge is 2.46. The van der Waals surface area contributed by atoms with E-state index < -0.39 is 29.3 Å². The van der Waals surface area contributed by atoms with Gasteiger partial charge in [0.2, 0.25) is 5.78 Å². The number of carbonyl (C=O) groups excluding carboxylic acids is 2. The van der Waals surface area contributed by atoms with Crippen molar-refractivity contribution < 1.29 is 19.1 Å². The number of benzene rings is 2. The number of aromatic nitrogens is 1. The average molecular weight is 451 g/mol. The summed E-state index contributed by atoms with van der Waals surface area (Å²) in [6.45, 7) is 1.94. The molecule has 0 saturated heterocycles. The lowest BCUT2D eigenvalue weighted by molar-refractivity contribution is -0.117. The fraction of sp³-hybridized carbons (Fsp3) is 0.0870. The first kappa shape index (κ1) is 19.6. The summed E-state index contributed by atoms with van der Waals surface area (Å²) in [6, 6.07) is 14.2. The van der Waals surface area contributed by atoms with Crippen molar-refractivity contribution in [2.45, 2.75) is 13.0 Å². The van der Waals surface area contributed by atoms with Crippen LogP contribution in [0.2, 0.25) is 0 Å². The lowest BCUT2D eigenvalue weighted by atomic mass is 9.95. The van der Waals surface area contributed by atoms with Crippen LogP contribution in [0.15, 0.2) is 71.3 Å². The quantitative estimate of drug-likeness (QED) is 0.412. The van der Waals surface area contributed by atoms with E-state index in [1.165, 1.54) is 34.4 Å². The molecule has 0 bridgehead atoms. The minimum Gasteiger partial charge on any atom is -0.503 e. The summed E-state index contributed by atoms with van der Waals surface area (Å²) in [7, 11) is 0. The second kappa shape index (κ2) is 7.40. The molecule has 2 aromatic heterocycles. The number of hydrogen-bond acceptors (Lipinski definition) is 6. The zero-order chi connectivity index (χ0) is 21.7. The first-order valence-electron chi connectivity index (χ1n) is 9.41. The maximum absolute atomic E-state index is 13.7. The molecule has 0 spiro atoms. The molecule has 1 N–H and O–H groups in total. The Morgan fingerprint density at radius 2 is 1.94 bits per heavy atom. The first-order valence-corrected chi connectivity index (χ1v) is 11.1. The van der Waals surface area contributed by atoms with Crippen LogP contribution in [0.5, 0.6) is 0 Å². The second-order valence-corrected chi connectivity index (χ2v) is 9.12. The van der Waals surface area contributed by atoms with E-state index in [4.69, 9.17) is 0 Å². The predicted molar refractivity (Wildman–Crippen MR) is 119 cm³/mol. The van der Waals surface area contributed by atoms with Gasteiger partial charge in [0.15, 0.2) is 10.9 Å². The number of nitrogens with zero attached hydrogens (tertiary/aromatic N) is 2. The molecular weight excluding hydrogens is 435 g/mol. The SMILES string of the molecule is Cc1ccc([C@@H]2C(C(=O)c3cccs3)=C(O)C(=O)N2c2nc3ccc(F)cc3s2)cc1. The average Bonchev–Trinajstić information content (AvgIpc) is 3.47. The highest BCUT2D eigenvalue weighted by atomic mass is 32.1. The van der Waals surface area contributed by atoms with E-state index in [-0.39, 0.29) is 10.7 Å². The molecule has 0 fully saturated rings. The summed E-state index contributed by atoms with van der Waals surface area (Å²) in [6.07, 6.45) is 0. The fourth-order valence-corrected chi connectivity index (χ4v) is 5.32. The number of hydrogen-bond donors (Lipinski definition) is 1. The third kappa shape index (κ3) is 3.24. The molecule has 1 aliphatic heterocycles. The van der Waals surface area contributed by atoms with Crippen LogP contribution >= 0.6 is 22.7 Å². The lowest BCUT2D eigenvalue weighted by Gasteiger charge is -2.24. The van der Waals surface area contributed by atoms with Gasteiger partial charge in [0.1, 0.15) is 5.82 Å². The zero-order valence-corrected chi connectivity index (χ0v) is 17.8. The zero-order valence-electron chi connectivity index (χ0n) is 16.2. The Bertz CT molecular complexity index is 1360. The van der Waals surface area contributed by atoms with Gasteiger partial charge in [-0.25, -0.2) is 9.37 Å². The number of thiophene rings is 1. The monoisotopic (exact) mass is 450 g/mol. The number of thiazole rings is 1. The van der Waals surface area contributed by atoms with Gasteiger partial charge >= 0.3 is 0 Å². The Kier molecular flexibility index (Phi) is 4.68. The number of aliphatic hydroxyl groups excluding tert-OH is 1. The number of rotatable bonds is 4. The topological polar surface area (TPSA) is 70.5 Å². The van der Waals surface area contributed by atoms with Crippen molar-refractivity contribution in [1.29, 1.82) is 0 Å². The first-order chi connectivity index (χ1) is 14.9. The van der Waals surface area contributed by atoms with E-state index in [1.54, 1.807) is 17.5 Å². The van der Waals surface area contributed by atoms with Gasteiger partial charge in [-0.1, -0.05) is 47.2 Å². The van der Waals surface area contributed by atoms with Gasteiger partial charge in [0, 0.05) is 0 Å². The van der Waals surface area contributed by atoms with Gasteiger partial charge in [0.25, 0.3) is 5.91 Å². The van der Waals surface area contributed by atoms with E-state index in [0.717, 1.165) is 16.9 Å². The number of anilines is 1. The number of aryl methyl sites for hydroxylation is 1. The van der Waals surface area contributed by atoms with Crippen molar-refractivity contribution in [2.75, 3.05) is 4.90 Å². The maximum Gasteiger partial charge on any atom is 0.296 e. The maximum atomic E-state index is 13.7. The molecule has 154 valence electrons. The largest absolute Gasteiger partial charge is 0.503 e. The Balaban J connectivity index is 1.68. The third-order valence-corrected chi connectivity index (χ3v) is 7.02. The molecule has 2 aromatic carbocycles. The van der Waals surface area contributed by atoms with Crippen LogP contribution in [-0.2, 0) is 4.79 Å². The highest BCUT2D eigenvalue weighted by Crippen LogP contribution is 2.44. The summed E-state index contributed by atoms with van der Waals surface area (Å²) in [4.78, 5) is 32.6. The van der Waals surface area contributed by atoms with Gasteiger partial charge < -0.3 is 5.11 Å². The normalized spacial score (nSPS) is 16.5. The van der Waals surface area contributed by atoms with E-state index in [9.17, 15) is 19.1 Å². The number of amides is 1. The lowest BCUT2D eigenvalue weighted by Crippen LogP contribution is -2.30. The number of halogens is 1. The predicted octanol–water partition coefficient (Wildman–Crippen LogP) is 5.59. The smallest absolute Gasteiger partial charge is 0.296 e. The molecule has 1 aliphatic rings. The van der Waals surface area contributed by atoms with Crippen molar-refractivity contribution >= 4 is 49.7 Å². The summed E-state index contributed by atoms with van der Waals surface area (Å²) in [5.41, 5.74) is 2.25. The second-order valence-electron chi connectivity index (χ2n) is 7.17. The molecule has 31 heavy (non-hydrogen) atoms. The van der Waals surface area contributed by atoms with E-state index in [0.29, 0.717) is 20.7 Å². The summed E-state index contributed by atoms with van der Waals surface area (Å²) in [5, 5.41) is 12.8. The van der Waals surface area contributed by atoms with Crippen LogP contribution in [0.4, 0.5) is 9.52 Å². The molecule has 5 nitrogen and oxygen atoms in total. The van der Waals surface area contributed by atoms with Crippen molar-refractivity contribution in [3.05, 3.63) is 93.1 Å². The van der Waals surface area contributed by atoms with Crippen molar-refractivity contribution in [3.8, 4) is 0 Å². The Hall–Kier alpha value is -3.36. The van der Waals surface area contributed by atoms with E-state index in [2.05, 4.69) is 4.98 Å². The van der Waals surface area contributed by atoms with Crippen LogP contribution in [0.1, 0.15) is 26.8 Å². The standard InChI is InChI=1S/C23H15FN2O3S2/c1-12-4-6-13(7-5-12)19-18(20(27)16-3-2-10-30-16)21(28)22(29)26(19)23-25-15-9-8-14(24)11-17(15)31-23/h2-11,19,28H,1H3/t19-/m1/s1. The van der Waals surface area contributed by atoms with Gasteiger partial charge in [0.05, 0.1) is 26.7 Å². The number of Topliss-reactive ketones (excluding diaryl/α,β-unsaturated/α-hetero) is 1. The minimum absolute atomic E-state index is 0.0155. The van der Waals surface area contributed by atoms with Gasteiger partial charge in [-0.15, -0.1) is 11.3 Å². The third-order valence-electron chi connectivity index (χ3n) is 5.14. The van der Waals surface area contributed by atoms with Gasteiger partial charge in [-0.05, 0) is 42.1 Å². The Labute approximate surface area is 184 Å². The van der Waals surface area contributed by atoms with Crippen molar-refractivity contribution in [2.24, 2.45) is 0 Å². The highest BCUT2D eigenvalue weighted by molar-refractivity contribution is 7.22. The summed E-state index contributed by atoms with van der Waals surface area (Å²) < 4.78 is 14.2. The fourth-order valence-electron chi connectivity index (χ4n) is 3.63. The molecule has 8 heteroatoms. The van der Waals surface area contributed by atoms with Crippen molar-refractivity contribution in [1.82, 2.24) is 4.98 Å². The van der Waals surface area contributed by atoms with Crippen LogP contribution < -0.4 is 4.90 Å². The molecule has 1 amide bonds. The molecule has 0 saturated carbocycles. The summed E-state index contributed by atoms with van der Waals surface area (Å²) >= 11 is 2.38. The minimum atomic E-state index is -0.840. The van der Waals surface area contributed by atoms with Crippen molar-refractivity contribution in [3.63, 3.8) is 0 Å². The van der Waals surface area contributed by atoms with Crippen LogP contribution in [0.3, 0.4) is 0 Å². The van der Waals surface area contributed by atoms with E-state index in [1.807, 2.05) is 31.2 Å². The molecule has 0 unspecified atom stereocenters. The van der Waals surface area contributed by atoms with Crippen LogP contribution in [0, 0.1) is 12.7 Å². The van der Waals surface area contributed by atoms with Crippen LogP contribution in [-0.4, -0.2) is 21.8 Å². The van der Waals surface area contributed by atoms with Gasteiger partial charge in [-0.3, -0.25) is 14.5 Å². The molecule has 4 aromatic rings. The number of carbonyl (C=O) groups is 2. The molecule has 3 heterocycles.